The number of hydrogen-bond acceptors (Lipinski definition) is 7. The molecule has 1 N–H and O–H groups in total. The van der Waals surface area contributed by atoms with E-state index < -0.39 is 6.09 Å². The van der Waals surface area contributed by atoms with Crippen LogP contribution in [0.1, 0.15) is 6.42 Å². The summed E-state index contributed by atoms with van der Waals surface area (Å²) in [6, 6.07) is 5.74. The van der Waals surface area contributed by atoms with E-state index in [1.807, 2.05) is 24.4 Å². The van der Waals surface area contributed by atoms with Crippen LogP contribution in [0.2, 0.25) is 0 Å². The van der Waals surface area contributed by atoms with Gasteiger partial charge in [0, 0.05) is 50.1 Å². The van der Waals surface area contributed by atoms with Gasteiger partial charge in [-0.2, -0.15) is 5.10 Å². The molecule has 0 bridgehead atoms. The molecule has 1 amide bonds. The summed E-state index contributed by atoms with van der Waals surface area (Å²) in [6.07, 6.45) is 5.37. The second kappa shape index (κ2) is 8.03. The van der Waals surface area contributed by atoms with E-state index in [4.69, 9.17) is 14.5 Å². The third-order valence-electron chi connectivity index (χ3n) is 6.10. The fraction of sp³-hybridized carbons (Fsp3) is 0.429. The molecular formula is C21H24N6O4. The van der Waals surface area contributed by atoms with Crippen molar-refractivity contribution in [2.45, 2.75) is 12.5 Å². The molecule has 10 heteroatoms. The highest BCUT2D eigenvalue weighted by molar-refractivity contribution is 5.80. The summed E-state index contributed by atoms with van der Waals surface area (Å²) in [5, 5.41) is 13.9. The molecule has 0 radical (unpaired) electrons. The number of carbonyl (C=O) groups is 1. The standard InChI is InChI=1S/C21H24N6O4/c1-30-20-15(3-2-6-22-20)16-11-23-27-7-4-18(24-19(16)27)26-9-8-25(21(28)29)12-17(26)14-5-10-31-13-14/h2-4,6-7,11,14,17H,5,8-10,12-13H2,1H3,(H,28,29). The van der Waals surface area contributed by atoms with Gasteiger partial charge in [-0.1, -0.05) is 0 Å². The summed E-state index contributed by atoms with van der Waals surface area (Å²) in [7, 11) is 1.59. The van der Waals surface area contributed by atoms with Crippen molar-refractivity contribution < 1.29 is 19.4 Å². The highest BCUT2D eigenvalue weighted by Crippen LogP contribution is 2.32. The number of amides is 1. The average molecular weight is 424 g/mol. The SMILES string of the molecule is COc1ncccc1-c1cnn2ccc(N3CCN(C(=O)O)CC3C3CCOC3)nc12. The maximum atomic E-state index is 11.6. The molecule has 2 saturated heterocycles. The summed E-state index contributed by atoms with van der Waals surface area (Å²) >= 11 is 0. The van der Waals surface area contributed by atoms with Crippen LogP contribution in [0, 0.1) is 5.92 Å². The molecule has 0 aliphatic carbocycles. The van der Waals surface area contributed by atoms with Crippen LogP contribution < -0.4 is 9.64 Å². The Labute approximate surface area is 179 Å². The Bertz CT molecular complexity index is 1100. The Morgan fingerprint density at radius 2 is 2.19 bits per heavy atom. The van der Waals surface area contributed by atoms with Crippen LogP contribution in [0.4, 0.5) is 10.6 Å². The smallest absolute Gasteiger partial charge is 0.407 e. The maximum absolute atomic E-state index is 11.6. The van der Waals surface area contributed by atoms with E-state index in [-0.39, 0.29) is 12.0 Å². The van der Waals surface area contributed by atoms with Gasteiger partial charge in [-0.3, -0.25) is 0 Å². The highest BCUT2D eigenvalue weighted by Gasteiger charge is 2.37. The van der Waals surface area contributed by atoms with Crippen molar-refractivity contribution in [2.24, 2.45) is 5.92 Å². The lowest BCUT2D eigenvalue weighted by Gasteiger charge is -2.43. The first-order valence-electron chi connectivity index (χ1n) is 10.3. The molecule has 31 heavy (non-hydrogen) atoms. The molecular weight excluding hydrogens is 400 g/mol. The van der Waals surface area contributed by atoms with E-state index in [0.29, 0.717) is 44.4 Å². The zero-order valence-corrected chi connectivity index (χ0v) is 17.2. The van der Waals surface area contributed by atoms with Crippen molar-refractivity contribution >= 4 is 17.6 Å². The third-order valence-corrected chi connectivity index (χ3v) is 6.10. The topological polar surface area (TPSA) is 105 Å². The van der Waals surface area contributed by atoms with Crippen molar-refractivity contribution in [3.05, 3.63) is 36.8 Å². The molecule has 2 aliphatic heterocycles. The van der Waals surface area contributed by atoms with Gasteiger partial charge in [0.25, 0.3) is 0 Å². The van der Waals surface area contributed by atoms with E-state index in [2.05, 4.69) is 15.0 Å². The summed E-state index contributed by atoms with van der Waals surface area (Å²) in [4.78, 5) is 24.5. The van der Waals surface area contributed by atoms with E-state index in [0.717, 1.165) is 23.4 Å². The summed E-state index contributed by atoms with van der Waals surface area (Å²) in [6.45, 7) is 2.81. The molecule has 3 aromatic heterocycles. The predicted molar refractivity (Wildman–Crippen MR) is 112 cm³/mol. The molecule has 2 unspecified atom stereocenters. The number of fused-ring (bicyclic) bond motifs is 1. The maximum Gasteiger partial charge on any atom is 0.407 e. The first kappa shape index (κ1) is 19.6. The molecule has 0 saturated carbocycles. The molecule has 5 heterocycles. The average Bonchev–Trinajstić information content (AvgIpc) is 3.48. The molecule has 2 aliphatic rings. The van der Waals surface area contributed by atoms with E-state index in [9.17, 15) is 9.90 Å². The first-order valence-corrected chi connectivity index (χ1v) is 10.3. The van der Waals surface area contributed by atoms with Crippen LogP contribution in [0.3, 0.4) is 0 Å². The van der Waals surface area contributed by atoms with E-state index in [1.54, 1.807) is 24.0 Å². The van der Waals surface area contributed by atoms with Gasteiger partial charge in [0.15, 0.2) is 5.65 Å². The third kappa shape index (κ3) is 3.52. The molecule has 162 valence electrons. The Morgan fingerprint density at radius 1 is 1.29 bits per heavy atom. The molecule has 0 spiro atoms. The van der Waals surface area contributed by atoms with Crippen LogP contribution >= 0.6 is 0 Å². The van der Waals surface area contributed by atoms with Gasteiger partial charge in [-0.15, -0.1) is 0 Å². The van der Waals surface area contributed by atoms with Gasteiger partial charge in [-0.05, 0) is 24.6 Å². The number of rotatable bonds is 4. The number of hydrogen-bond donors (Lipinski definition) is 1. The molecule has 0 aromatic carbocycles. The zero-order chi connectivity index (χ0) is 21.4. The van der Waals surface area contributed by atoms with Crippen LogP contribution in [-0.4, -0.2) is 81.7 Å². The number of aromatic nitrogens is 4. The van der Waals surface area contributed by atoms with Crippen LogP contribution in [0.15, 0.2) is 36.8 Å². The number of piperazine rings is 1. The van der Waals surface area contributed by atoms with Gasteiger partial charge in [0.2, 0.25) is 5.88 Å². The van der Waals surface area contributed by atoms with Gasteiger partial charge < -0.3 is 24.4 Å². The summed E-state index contributed by atoms with van der Waals surface area (Å²) in [5.41, 5.74) is 2.35. The summed E-state index contributed by atoms with van der Waals surface area (Å²) < 4.78 is 12.8. The molecule has 2 atom stereocenters. The second-order valence-electron chi connectivity index (χ2n) is 7.79. The zero-order valence-electron chi connectivity index (χ0n) is 17.2. The Balaban J connectivity index is 1.54. The van der Waals surface area contributed by atoms with Crippen molar-refractivity contribution in [1.82, 2.24) is 24.5 Å². The minimum absolute atomic E-state index is 0.0154. The number of anilines is 1. The Morgan fingerprint density at radius 3 is 2.97 bits per heavy atom. The molecule has 2 fully saturated rings. The lowest BCUT2D eigenvalue weighted by atomic mass is 9.95. The van der Waals surface area contributed by atoms with Crippen molar-refractivity contribution in [3.8, 4) is 17.0 Å². The lowest BCUT2D eigenvalue weighted by molar-refractivity contribution is 0.122. The minimum atomic E-state index is -0.881. The van der Waals surface area contributed by atoms with Gasteiger partial charge in [0.1, 0.15) is 5.82 Å². The number of ether oxygens (including phenoxy) is 2. The fourth-order valence-corrected chi connectivity index (χ4v) is 4.50. The fourth-order valence-electron chi connectivity index (χ4n) is 4.50. The van der Waals surface area contributed by atoms with Gasteiger partial charge in [0.05, 0.1) is 31.5 Å². The first-order chi connectivity index (χ1) is 15.2. The van der Waals surface area contributed by atoms with Crippen LogP contribution in [0.5, 0.6) is 5.88 Å². The van der Waals surface area contributed by atoms with Crippen molar-refractivity contribution in [2.75, 3.05) is 44.9 Å². The minimum Gasteiger partial charge on any atom is -0.481 e. The van der Waals surface area contributed by atoms with Crippen LogP contribution in [-0.2, 0) is 4.74 Å². The Hall–Kier alpha value is -3.40. The number of pyridine rings is 1. The monoisotopic (exact) mass is 424 g/mol. The van der Waals surface area contributed by atoms with E-state index in [1.165, 1.54) is 4.90 Å². The second-order valence-corrected chi connectivity index (χ2v) is 7.79. The summed E-state index contributed by atoms with van der Waals surface area (Å²) in [5.74, 6) is 1.59. The lowest BCUT2D eigenvalue weighted by Crippen LogP contribution is -2.57. The highest BCUT2D eigenvalue weighted by atomic mass is 16.5. The number of nitrogens with zero attached hydrogens (tertiary/aromatic N) is 6. The largest absolute Gasteiger partial charge is 0.481 e. The Kier molecular flexibility index (Phi) is 5.06. The molecule has 3 aromatic rings. The quantitative estimate of drug-likeness (QED) is 0.678. The molecule has 5 rings (SSSR count). The van der Waals surface area contributed by atoms with Crippen LogP contribution in [0.25, 0.3) is 16.8 Å². The predicted octanol–water partition coefficient (Wildman–Crippen LogP) is 2.00. The van der Waals surface area contributed by atoms with E-state index >= 15 is 0 Å². The number of carboxylic acid groups (broad SMARTS) is 1. The number of methoxy groups -OCH3 is 1. The normalized spacial score (nSPS) is 21.6. The van der Waals surface area contributed by atoms with Gasteiger partial charge in [-0.25, -0.2) is 19.3 Å². The molecule has 10 nitrogen and oxygen atoms in total. The van der Waals surface area contributed by atoms with Crippen molar-refractivity contribution in [3.63, 3.8) is 0 Å². The van der Waals surface area contributed by atoms with Gasteiger partial charge >= 0.3 is 6.09 Å². The van der Waals surface area contributed by atoms with Crippen molar-refractivity contribution in [1.29, 1.82) is 0 Å².